The molecular formula is C46H47BN2O2Si. The van der Waals surface area contributed by atoms with Crippen LogP contribution >= 0.6 is 0 Å². The van der Waals surface area contributed by atoms with Crippen molar-refractivity contribution in [3.8, 4) is 11.5 Å². The van der Waals surface area contributed by atoms with Crippen molar-refractivity contribution in [1.82, 2.24) is 9.55 Å². The predicted octanol–water partition coefficient (Wildman–Crippen LogP) is 6.91. The molecule has 7 aromatic rings. The molecule has 1 aromatic heterocycles. The van der Waals surface area contributed by atoms with Crippen molar-refractivity contribution in [2.24, 2.45) is 0 Å². The minimum Gasteiger partial charge on any atom is -0.494 e. The fraction of sp³-hybridized carbons (Fsp3) is 0.152. The third-order valence-corrected chi connectivity index (χ3v) is 11.8. The van der Waals surface area contributed by atoms with Crippen LogP contribution in [0.1, 0.15) is 37.8 Å². The molecule has 0 unspecified atom stereocenters. The van der Waals surface area contributed by atoms with Gasteiger partial charge in [0.05, 0.1) is 34.2 Å². The SMILES string of the molecule is CCCOc1ccc(C([SiH2]c2ccccc2)(c2ccc(OCCC)cc2)n2ccnc2)cc1.c1ccc(B(c2ccccc2)c2ccccc2)cc1. The quantitative estimate of drug-likeness (QED) is 0.116. The van der Waals surface area contributed by atoms with Crippen LogP contribution in [0, 0.1) is 0 Å². The molecule has 0 aliphatic heterocycles. The second kappa shape index (κ2) is 18.6. The number of ether oxygens (including phenoxy) is 2. The first-order valence-corrected chi connectivity index (χ1v) is 19.8. The zero-order valence-corrected chi connectivity index (χ0v) is 31.6. The Morgan fingerprint density at radius 3 is 1.31 bits per heavy atom. The first-order valence-electron chi connectivity index (χ1n) is 18.3. The first kappa shape index (κ1) is 36.2. The third-order valence-electron chi connectivity index (χ3n) is 9.26. The van der Waals surface area contributed by atoms with E-state index in [2.05, 4.69) is 199 Å². The molecule has 7 rings (SSSR count). The second-order valence-electron chi connectivity index (χ2n) is 12.9. The zero-order valence-electron chi connectivity index (χ0n) is 30.2. The first-order chi connectivity index (χ1) is 25.7. The molecule has 6 aromatic carbocycles. The Bertz CT molecular complexity index is 1860. The number of hydrogen-bond acceptors (Lipinski definition) is 3. The summed E-state index contributed by atoms with van der Waals surface area (Å²) in [5, 5.41) is 1.06. The highest BCUT2D eigenvalue weighted by molar-refractivity contribution is 6.95. The molecule has 0 fully saturated rings. The van der Waals surface area contributed by atoms with E-state index in [0.717, 1.165) is 37.6 Å². The van der Waals surface area contributed by atoms with E-state index < -0.39 is 9.52 Å². The average Bonchev–Trinajstić information content (AvgIpc) is 3.77. The van der Waals surface area contributed by atoms with Crippen LogP contribution in [0.5, 0.6) is 11.5 Å². The molecule has 0 aliphatic rings. The molecule has 6 heteroatoms. The molecule has 260 valence electrons. The van der Waals surface area contributed by atoms with E-state index in [1.54, 1.807) is 0 Å². The molecule has 52 heavy (non-hydrogen) atoms. The van der Waals surface area contributed by atoms with Crippen molar-refractivity contribution < 1.29 is 9.47 Å². The lowest BCUT2D eigenvalue weighted by molar-refractivity contribution is 0.317. The fourth-order valence-corrected chi connectivity index (χ4v) is 9.09. The van der Waals surface area contributed by atoms with E-state index in [1.165, 1.54) is 32.7 Å². The van der Waals surface area contributed by atoms with E-state index in [1.807, 2.05) is 12.5 Å². The van der Waals surface area contributed by atoms with Crippen molar-refractivity contribution in [3.05, 3.63) is 200 Å². The number of nitrogens with zero attached hydrogens (tertiary/aromatic N) is 2. The Balaban J connectivity index is 0.000000206. The van der Waals surface area contributed by atoms with Crippen molar-refractivity contribution in [2.45, 2.75) is 31.9 Å². The van der Waals surface area contributed by atoms with Crippen LogP contribution in [0.3, 0.4) is 0 Å². The summed E-state index contributed by atoms with van der Waals surface area (Å²) in [7, 11) is -0.885. The standard InChI is InChI=1S/C28H32N2O2Si.C18H15B/c1-3-20-31-25-14-10-23(11-15-25)28(30-19-18-29-22-30,33-27-8-6-5-7-9-27)24-12-16-26(17-13-24)32-21-4-2;1-4-10-16(11-5-1)19(17-12-6-2-7-13-17)18-14-8-3-9-15-18/h5-19,22H,3-4,20-21,33H2,1-2H3;1-15H. The van der Waals surface area contributed by atoms with Gasteiger partial charge in [0, 0.05) is 12.4 Å². The molecule has 0 saturated heterocycles. The van der Waals surface area contributed by atoms with Crippen LogP contribution in [-0.4, -0.2) is 39.0 Å². The zero-order chi connectivity index (χ0) is 35.9. The summed E-state index contributed by atoms with van der Waals surface area (Å²) in [5.74, 6) is 1.81. The van der Waals surface area contributed by atoms with Gasteiger partial charge in [0.15, 0.2) is 0 Å². The summed E-state index contributed by atoms with van der Waals surface area (Å²) in [6.45, 7) is 6.01. The maximum atomic E-state index is 5.87. The van der Waals surface area contributed by atoms with Gasteiger partial charge in [0.1, 0.15) is 11.5 Å². The smallest absolute Gasteiger partial charge is 0.241 e. The number of hydrogen-bond donors (Lipinski definition) is 0. The van der Waals surface area contributed by atoms with Crippen molar-refractivity contribution >= 4 is 37.8 Å². The lowest BCUT2D eigenvalue weighted by Gasteiger charge is -2.37. The highest BCUT2D eigenvalue weighted by Gasteiger charge is 2.37. The fourth-order valence-electron chi connectivity index (χ4n) is 6.74. The molecular weight excluding hydrogens is 651 g/mol. The van der Waals surface area contributed by atoms with Gasteiger partial charge in [-0.3, -0.25) is 0 Å². The minimum atomic E-state index is -0.885. The molecule has 4 nitrogen and oxygen atoms in total. The van der Waals surface area contributed by atoms with Crippen molar-refractivity contribution in [2.75, 3.05) is 13.2 Å². The van der Waals surface area contributed by atoms with E-state index >= 15 is 0 Å². The monoisotopic (exact) mass is 698 g/mol. The summed E-state index contributed by atoms with van der Waals surface area (Å²) in [5.41, 5.74) is 6.48. The predicted molar refractivity (Wildman–Crippen MR) is 221 cm³/mol. The number of aromatic nitrogens is 2. The van der Waals surface area contributed by atoms with Crippen LogP contribution in [-0.2, 0) is 5.16 Å². The summed E-state index contributed by atoms with van der Waals surface area (Å²) in [6.07, 6.45) is 7.88. The molecule has 0 aliphatic carbocycles. The number of rotatable bonds is 14. The Hall–Kier alpha value is -5.59. The van der Waals surface area contributed by atoms with Gasteiger partial charge in [-0.05, 0) is 48.2 Å². The summed E-state index contributed by atoms with van der Waals surface area (Å²) >= 11 is 0. The molecule has 0 radical (unpaired) electrons. The molecule has 0 saturated carbocycles. The van der Waals surface area contributed by atoms with Gasteiger partial charge in [-0.2, -0.15) is 0 Å². The highest BCUT2D eigenvalue weighted by atomic mass is 28.2. The van der Waals surface area contributed by atoms with Crippen LogP contribution in [0.2, 0.25) is 0 Å². The Kier molecular flexibility index (Phi) is 12.9. The molecule has 0 spiro atoms. The molecule has 1 heterocycles. The van der Waals surface area contributed by atoms with Gasteiger partial charge in [0.25, 0.3) is 0 Å². The number of imidazole rings is 1. The Labute approximate surface area is 312 Å². The summed E-state index contributed by atoms with van der Waals surface area (Å²) in [4.78, 5) is 4.43. The average molecular weight is 699 g/mol. The van der Waals surface area contributed by atoms with Gasteiger partial charge in [0.2, 0.25) is 6.71 Å². The van der Waals surface area contributed by atoms with Gasteiger partial charge >= 0.3 is 0 Å². The Morgan fingerprint density at radius 1 is 0.538 bits per heavy atom. The van der Waals surface area contributed by atoms with Crippen LogP contribution < -0.4 is 31.0 Å². The maximum absolute atomic E-state index is 5.87. The largest absolute Gasteiger partial charge is 0.494 e. The van der Waals surface area contributed by atoms with E-state index in [4.69, 9.17) is 9.47 Å². The molecule has 0 bridgehead atoms. The minimum absolute atomic E-state index is 0.309. The number of benzene rings is 6. The molecule has 0 amide bonds. The topological polar surface area (TPSA) is 36.3 Å². The highest BCUT2D eigenvalue weighted by Crippen LogP contribution is 2.35. The van der Waals surface area contributed by atoms with Crippen LogP contribution in [0.4, 0.5) is 0 Å². The normalized spacial score (nSPS) is 11.1. The third kappa shape index (κ3) is 9.00. The summed E-state index contributed by atoms with van der Waals surface area (Å²) < 4.78 is 14.0. The maximum Gasteiger partial charge on any atom is 0.241 e. The lowest BCUT2D eigenvalue weighted by Crippen LogP contribution is -2.51. The van der Waals surface area contributed by atoms with E-state index in [0.29, 0.717) is 6.71 Å². The van der Waals surface area contributed by atoms with Gasteiger partial charge in [-0.25, -0.2) is 4.98 Å². The second-order valence-corrected chi connectivity index (χ2v) is 15.1. The summed E-state index contributed by atoms with van der Waals surface area (Å²) in [6, 6.07) is 60.1. The van der Waals surface area contributed by atoms with Crippen molar-refractivity contribution in [1.29, 1.82) is 0 Å². The van der Waals surface area contributed by atoms with Crippen LogP contribution in [0.25, 0.3) is 0 Å². The van der Waals surface area contributed by atoms with Gasteiger partial charge in [-0.15, -0.1) is 0 Å². The molecule has 0 atom stereocenters. The lowest BCUT2D eigenvalue weighted by atomic mass is 9.37. The van der Waals surface area contributed by atoms with E-state index in [9.17, 15) is 0 Å². The Morgan fingerprint density at radius 2 is 0.942 bits per heavy atom. The van der Waals surface area contributed by atoms with Gasteiger partial charge < -0.3 is 14.0 Å². The van der Waals surface area contributed by atoms with Crippen LogP contribution in [0.15, 0.2) is 189 Å². The van der Waals surface area contributed by atoms with E-state index in [-0.39, 0.29) is 5.16 Å². The van der Waals surface area contributed by atoms with Gasteiger partial charge in [-0.1, -0.05) is 181 Å². The molecule has 0 N–H and O–H groups in total. The van der Waals surface area contributed by atoms with Crippen molar-refractivity contribution in [3.63, 3.8) is 0 Å².